The van der Waals surface area contributed by atoms with Gasteiger partial charge in [-0.15, -0.1) is 11.3 Å². The third-order valence-corrected chi connectivity index (χ3v) is 5.67. The quantitative estimate of drug-likeness (QED) is 0.686. The summed E-state index contributed by atoms with van der Waals surface area (Å²) in [5.41, 5.74) is 2.14. The van der Waals surface area contributed by atoms with Gasteiger partial charge >= 0.3 is 0 Å². The topological polar surface area (TPSA) is 37.8 Å². The zero-order valence-corrected chi connectivity index (χ0v) is 14.7. The van der Waals surface area contributed by atoms with Crippen LogP contribution in [0.25, 0.3) is 21.3 Å². The zero-order valence-electron chi connectivity index (χ0n) is 13.9. The molecule has 24 heavy (non-hydrogen) atoms. The van der Waals surface area contributed by atoms with Gasteiger partial charge in [-0.2, -0.15) is 0 Å². The smallest absolute Gasteiger partial charge is 0.139 e. The van der Waals surface area contributed by atoms with Crippen molar-refractivity contribution in [3.05, 3.63) is 40.8 Å². The Bertz CT molecular complexity index is 880. The van der Waals surface area contributed by atoms with Gasteiger partial charge in [0.15, 0.2) is 0 Å². The lowest BCUT2D eigenvalue weighted by atomic mass is 10.0. The first kappa shape index (κ1) is 15.5. The first-order valence-electron chi connectivity index (χ1n) is 8.42. The van der Waals surface area contributed by atoms with E-state index in [1.54, 1.807) is 11.3 Å². The number of rotatable bonds is 3. The summed E-state index contributed by atoms with van der Waals surface area (Å²) in [7, 11) is 0. The SMILES string of the molecule is Cc1nc(NC2CCCC2)c2c(-c3ccc(F)cc3)c(C)sc2n1. The molecule has 1 aliphatic carbocycles. The number of nitrogens with one attached hydrogen (secondary N) is 1. The molecule has 0 atom stereocenters. The van der Waals surface area contributed by atoms with Gasteiger partial charge in [-0.25, -0.2) is 14.4 Å². The fraction of sp³-hybridized carbons (Fsp3) is 0.368. The van der Waals surface area contributed by atoms with E-state index in [2.05, 4.69) is 17.2 Å². The summed E-state index contributed by atoms with van der Waals surface area (Å²) in [4.78, 5) is 11.5. The molecule has 0 amide bonds. The number of aromatic nitrogens is 2. The van der Waals surface area contributed by atoms with Crippen LogP contribution in [0.3, 0.4) is 0 Å². The van der Waals surface area contributed by atoms with Crippen molar-refractivity contribution < 1.29 is 4.39 Å². The van der Waals surface area contributed by atoms with Crippen LogP contribution in [-0.2, 0) is 0 Å². The Hall–Kier alpha value is -2.01. The molecule has 1 aromatic carbocycles. The maximum Gasteiger partial charge on any atom is 0.139 e. The summed E-state index contributed by atoms with van der Waals surface area (Å²) in [6.45, 7) is 4.03. The largest absolute Gasteiger partial charge is 0.367 e. The van der Waals surface area contributed by atoms with Crippen molar-refractivity contribution in [3.8, 4) is 11.1 Å². The van der Waals surface area contributed by atoms with E-state index in [-0.39, 0.29) is 5.82 Å². The van der Waals surface area contributed by atoms with Crippen LogP contribution in [0.5, 0.6) is 0 Å². The lowest BCUT2D eigenvalue weighted by molar-refractivity contribution is 0.628. The van der Waals surface area contributed by atoms with E-state index in [4.69, 9.17) is 4.98 Å². The number of hydrogen-bond acceptors (Lipinski definition) is 4. The van der Waals surface area contributed by atoms with E-state index in [1.807, 2.05) is 19.1 Å². The second-order valence-corrected chi connectivity index (χ2v) is 7.67. The Balaban J connectivity index is 1.89. The molecule has 4 rings (SSSR count). The molecule has 2 aromatic heterocycles. The highest BCUT2D eigenvalue weighted by Gasteiger charge is 2.21. The molecule has 0 aliphatic heterocycles. The molecule has 3 nitrogen and oxygen atoms in total. The number of benzene rings is 1. The molecule has 0 unspecified atom stereocenters. The number of aryl methyl sites for hydroxylation is 2. The van der Waals surface area contributed by atoms with E-state index in [0.29, 0.717) is 6.04 Å². The summed E-state index contributed by atoms with van der Waals surface area (Å²) in [5, 5.41) is 4.71. The second kappa shape index (κ2) is 6.13. The monoisotopic (exact) mass is 341 g/mol. The average molecular weight is 341 g/mol. The van der Waals surface area contributed by atoms with Crippen LogP contribution in [-0.4, -0.2) is 16.0 Å². The molecule has 0 spiro atoms. The Kier molecular flexibility index (Phi) is 3.96. The highest BCUT2D eigenvalue weighted by molar-refractivity contribution is 7.19. The summed E-state index contributed by atoms with van der Waals surface area (Å²) in [6, 6.07) is 7.18. The van der Waals surface area contributed by atoms with Crippen molar-refractivity contribution in [3.63, 3.8) is 0 Å². The minimum absolute atomic E-state index is 0.215. The Labute approximate surface area is 145 Å². The maximum absolute atomic E-state index is 13.3. The van der Waals surface area contributed by atoms with E-state index in [1.165, 1.54) is 42.7 Å². The molecule has 1 saturated carbocycles. The third kappa shape index (κ3) is 2.77. The number of fused-ring (bicyclic) bond motifs is 1. The Morgan fingerprint density at radius 2 is 1.79 bits per heavy atom. The van der Waals surface area contributed by atoms with Gasteiger partial charge in [0.1, 0.15) is 22.3 Å². The van der Waals surface area contributed by atoms with Crippen molar-refractivity contribution in [2.45, 2.75) is 45.6 Å². The Morgan fingerprint density at radius 3 is 2.50 bits per heavy atom. The highest BCUT2D eigenvalue weighted by Crippen LogP contribution is 2.41. The maximum atomic E-state index is 13.3. The number of thiophene rings is 1. The fourth-order valence-electron chi connectivity index (χ4n) is 3.55. The van der Waals surface area contributed by atoms with Crippen molar-refractivity contribution >= 4 is 27.4 Å². The highest BCUT2D eigenvalue weighted by atomic mass is 32.1. The van der Waals surface area contributed by atoms with Crippen LogP contribution in [0.2, 0.25) is 0 Å². The van der Waals surface area contributed by atoms with Gasteiger partial charge in [0.05, 0.1) is 5.39 Å². The van der Waals surface area contributed by atoms with Gasteiger partial charge < -0.3 is 5.32 Å². The average Bonchev–Trinajstić information content (AvgIpc) is 3.15. The van der Waals surface area contributed by atoms with Gasteiger partial charge in [-0.05, 0) is 44.4 Å². The van der Waals surface area contributed by atoms with E-state index < -0.39 is 0 Å². The predicted octanol–water partition coefficient (Wildman–Crippen LogP) is 5.47. The Morgan fingerprint density at radius 1 is 1.08 bits per heavy atom. The van der Waals surface area contributed by atoms with Gasteiger partial charge in [0.2, 0.25) is 0 Å². The van der Waals surface area contributed by atoms with Gasteiger partial charge in [-0.1, -0.05) is 25.0 Å². The lowest BCUT2D eigenvalue weighted by Gasteiger charge is -2.15. The normalized spacial score (nSPS) is 15.3. The van der Waals surface area contributed by atoms with Crippen molar-refractivity contribution in [1.82, 2.24) is 9.97 Å². The fourth-order valence-corrected chi connectivity index (χ4v) is 4.64. The minimum atomic E-state index is -0.215. The number of hydrogen-bond donors (Lipinski definition) is 1. The number of nitrogens with zero attached hydrogens (tertiary/aromatic N) is 2. The molecular formula is C19H20FN3S. The molecule has 1 aliphatic rings. The van der Waals surface area contributed by atoms with Gasteiger partial charge in [0.25, 0.3) is 0 Å². The van der Waals surface area contributed by atoms with Crippen LogP contribution in [0.4, 0.5) is 10.2 Å². The molecule has 1 fully saturated rings. The summed E-state index contributed by atoms with van der Waals surface area (Å²) < 4.78 is 13.3. The summed E-state index contributed by atoms with van der Waals surface area (Å²) in [6.07, 6.45) is 4.94. The zero-order chi connectivity index (χ0) is 16.7. The van der Waals surface area contributed by atoms with Crippen molar-refractivity contribution in [1.29, 1.82) is 0 Å². The van der Waals surface area contributed by atoms with E-state index in [0.717, 1.165) is 33.0 Å². The van der Waals surface area contributed by atoms with Crippen LogP contribution in [0.1, 0.15) is 36.4 Å². The molecular weight excluding hydrogens is 321 g/mol. The molecule has 124 valence electrons. The third-order valence-electron chi connectivity index (χ3n) is 4.67. The molecule has 5 heteroatoms. The minimum Gasteiger partial charge on any atom is -0.367 e. The van der Waals surface area contributed by atoms with Gasteiger partial charge in [-0.3, -0.25) is 0 Å². The molecule has 3 aromatic rings. The molecule has 2 heterocycles. The standard InChI is InChI=1S/C19H20FN3S/c1-11-16(13-7-9-14(20)10-8-13)17-18(23-15-5-3-4-6-15)21-12(2)22-19(17)24-11/h7-10,15H,3-6H2,1-2H3,(H,21,22,23). The summed E-state index contributed by atoms with van der Waals surface area (Å²) in [5.74, 6) is 1.50. The first-order chi connectivity index (χ1) is 11.6. The van der Waals surface area contributed by atoms with Crippen molar-refractivity contribution in [2.75, 3.05) is 5.32 Å². The molecule has 1 N–H and O–H groups in total. The van der Waals surface area contributed by atoms with E-state index in [9.17, 15) is 4.39 Å². The first-order valence-corrected chi connectivity index (χ1v) is 9.23. The van der Waals surface area contributed by atoms with Crippen LogP contribution in [0, 0.1) is 19.7 Å². The van der Waals surface area contributed by atoms with Crippen LogP contribution in [0.15, 0.2) is 24.3 Å². The van der Waals surface area contributed by atoms with Crippen LogP contribution < -0.4 is 5.32 Å². The molecule has 0 radical (unpaired) electrons. The van der Waals surface area contributed by atoms with Crippen LogP contribution >= 0.6 is 11.3 Å². The number of halogens is 1. The van der Waals surface area contributed by atoms with E-state index >= 15 is 0 Å². The van der Waals surface area contributed by atoms with Gasteiger partial charge in [0, 0.05) is 16.5 Å². The molecule has 0 bridgehead atoms. The summed E-state index contributed by atoms with van der Waals surface area (Å²) >= 11 is 1.68. The van der Waals surface area contributed by atoms with Crippen molar-refractivity contribution in [2.24, 2.45) is 0 Å². The second-order valence-electron chi connectivity index (χ2n) is 6.47. The lowest BCUT2D eigenvalue weighted by Crippen LogP contribution is -2.16. The molecule has 0 saturated heterocycles. The predicted molar refractivity (Wildman–Crippen MR) is 98.2 cm³/mol. The number of anilines is 1.